The molecule has 1 amide bonds. The fourth-order valence-electron chi connectivity index (χ4n) is 4.81. The summed E-state index contributed by atoms with van der Waals surface area (Å²) in [5, 5.41) is 18.6. The Hall–Kier alpha value is -4.68. The SMILES string of the molecule is CCOC(=O)CS(=O)c1ccc(Nc2ncc(-c3ccc(NC(=O)C4(c5ccccc5)CC4)c(F)c3)c(NC(C)CO)n2)cc1. The highest BCUT2D eigenvalue weighted by atomic mass is 32.2. The van der Waals surface area contributed by atoms with Gasteiger partial charge >= 0.3 is 5.97 Å². The van der Waals surface area contributed by atoms with Crippen molar-refractivity contribution in [1.29, 1.82) is 0 Å². The summed E-state index contributed by atoms with van der Waals surface area (Å²) in [5.74, 6) is -1.01. The first kappa shape index (κ1) is 31.7. The van der Waals surface area contributed by atoms with Crippen molar-refractivity contribution in [3.63, 3.8) is 0 Å². The molecule has 45 heavy (non-hydrogen) atoms. The lowest BCUT2D eigenvalue weighted by atomic mass is 9.95. The molecule has 1 heterocycles. The van der Waals surface area contributed by atoms with Gasteiger partial charge in [0.05, 0.1) is 35.1 Å². The molecule has 4 aromatic rings. The quantitative estimate of drug-likeness (QED) is 0.147. The molecule has 2 unspecified atom stereocenters. The maximum atomic E-state index is 15.4. The molecule has 10 nitrogen and oxygen atoms in total. The lowest BCUT2D eigenvalue weighted by molar-refractivity contribution is -0.139. The Morgan fingerprint density at radius 3 is 2.47 bits per heavy atom. The van der Waals surface area contributed by atoms with E-state index >= 15 is 4.39 Å². The lowest BCUT2D eigenvalue weighted by Gasteiger charge is -2.18. The number of aromatic nitrogens is 2. The van der Waals surface area contributed by atoms with Gasteiger partial charge in [-0.05, 0) is 74.2 Å². The third-order valence-electron chi connectivity index (χ3n) is 7.41. The number of benzene rings is 3. The minimum atomic E-state index is -1.54. The van der Waals surface area contributed by atoms with Crippen LogP contribution in [0, 0.1) is 5.82 Å². The van der Waals surface area contributed by atoms with Crippen molar-refractivity contribution < 1.29 is 28.0 Å². The number of ether oxygens (including phenoxy) is 1. The van der Waals surface area contributed by atoms with Crippen LogP contribution >= 0.6 is 0 Å². The van der Waals surface area contributed by atoms with Crippen molar-refractivity contribution in [3.05, 3.63) is 90.4 Å². The van der Waals surface area contributed by atoms with E-state index in [0.29, 0.717) is 40.4 Å². The standard InChI is InChI=1S/C33H34FN5O5S/c1-3-44-29(41)20-45(43)25-12-10-24(11-13-25)37-32-35-18-26(30(39-32)36-21(2)19-40)22-9-14-28(27(34)17-22)38-31(42)33(15-16-33)23-7-5-4-6-8-23/h4-14,17-18,21,40H,3,15-16,19-20H2,1-2H3,(H,38,42)(H2,35,36,37,39). The fraction of sp³-hybridized carbons (Fsp3) is 0.273. The highest BCUT2D eigenvalue weighted by Crippen LogP contribution is 2.49. The molecule has 1 aliphatic rings. The number of carbonyl (C=O) groups excluding carboxylic acids is 2. The van der Waals surface area contributed by atoms with Gasteiger partial charge in [0.15, 0.2) is 0 Å². The first-order chi connectivity index (χ1) is 21.7. The number of nitrogens with one attached hydrogen (secondary N) is 3. The number of aliphatic hydroxyl groups excluding tert-OH is 1. The summed E-state index contributed by atoms with van der Waals surface area (Å²) in [6.45, 7) is 3.51. The second kappa shape index (κ2) is 14.0. The molecule has 1 saturated carbocycles. The molecule has 5 rings (SSSR count). The third-order valence-corrected chi connectivity index (χ3v) is 8.71. The minimum Gasteiger partial charge on any atom is -0.465 e. The summed E-state index contributed by atoms with van der Waals surface area (Å²) in [5.41, 5.74) is 1.93. The number of amides is 1. The topological polar surface area (TPSA) is 143 Å². The molecule has 0 spiro atoms. The Morgan fingerprint density at radius 1 is 1.09 bits per heavy atom. The molecule has 1 aliphatic carbocycles. The van der Waals surface area contributed by atoms with E-state index in [9.17, 15) is 18.9 Å². The van der Waals surface area contributed by atoms with Crippen molar-refractivity contribution in [2.45, 2.75) is 43.0 Å². The van der Waals surface area contributed by atoms with Crippen LogP contribution in [0.4, 0.5) is 27.5 Å². The summed E-state index contributed by atoms with van der Waals surface area (Å²) in [6, 6.07) is 20.3. The van der Waals surface area contributed by atoms with Crippen molar-refractivity contribution in [2.75, 3.05) is 34.9 Å². The average molecular weight is 632 g/mol. The van der Waals surface area contributed by atoms with Gasteiger partial charge in [-0.25, -0.2) is 9.37 Å². The molecule has 4 N–H and O–H groups in total. The highest BCUT2D eigenvalue weighted by Gasteiger charge is 2.51. The summed E-state index contributed by atoms with van der Waals surface area (Å²) < 4.78 is 32.7. The van der Waals surface area contributed by atoms with Gasteiger partial charge in [-0.1, -0.05) is 36.4 Å². The number of anilines is 4. The number of carbonyl (C=O) groups is 2. The van der Waals surface area contributed by atoms with E-state index in [1.165, 1.54) is 18.3 Å². The van der Waals surface area contributed by atoms with Gasteiger partial charge in [0.1, 0.15) is 17.4 Å². The van der Waals surface area contributed by atoms with Crippen LogP contribution in [0.5, 0.6) is 0 Å². The first-order valence-electron chi connectivity index (χ1n) is 14.5. The van der Waals surface area contributed by atoms with Crippen molar-refractivity contribution in [1.82, 2.24) is 9.97 Å². The monoisotopic (exact) mass is 631 g/mol. The smallest absolute Gasteiger partial charge is 0.318 e. The molecule has 2 atom stereocenters. The number of rotatable bonds is 13. The number of halogens is 1. The Kier molecular flexibility index (Phi) is 9.84. The van der Waals surface area contributed by atoms with Gasteiger partial charge in [-0.2, -0.15) is 4.98 Å². The Bertz CT molecular complexity index is 1700. The van der Waals surface area contributed by atoms with Crippen LogP contribution < -0.4 is 16.0 Å². The van der Waals surface area contributed by atoms with E-state index < -0.39 is 28.0 Å². The van der Waals surface area contributed by atoms with Gasteiger partial charge < -0.3 is 25.8 Å². The summed E-state index contributed by atoms with van der Waals surface area (Å²) in [7, 11) is -1.54. The number of aliphatic hydroxyl groups is 1. The van der Waals surface area contributed by atoms with Crippen molar-refractivity contribution in [3.8, 4) is 11.1 Å². The molecule has 0 aliphatic heterocycles. The second-order valence-electron chi connectivity index (χ2n) is 10.7. The molecule has 0 saturated heterocycles. The average Bonchev–Trinajstić information content (AvgIpc) is 3.85. The molecule has 12 heteroatoms. The summed E-state index contributed by atoms with van der Waals surface area (Å²) in [6.07, 6.45) is 2.95. The predicted molar refractivity (Wildman–Crippen MR) is 171 cm³/mol. The maximum absolute atomic E-state index is 15.4. The number of esters is 1. The van der Waals surface area contributed by atoms with Crippen LogP contribution in [-0.4, -0.2) is 56.2 Å². The van der Waals surface area contributed by atoms with Crippen LogP contribution in [0.25, 0.3) is 11.1 Å². The maximum Gasteiger partial charge on any atom is 0.318 e. The third kappa shape index (κ3) is 7.52. The molecule has 1 aromatic heterocycles. The lowest BCUT2D eigenvalue weighted by Crippen LogP contribution is -2.28. The Labute approximate surface area is 262 Å². The normalized spacial score (nSPS) is 14.6. The second-order valence-corrected chi connectivity index (χ2v) is 12.2. The minimum absolute atomic E-state index is 0.0787. The largest absolute Gasteiger partial charge is 0.465 e. The van der Waals surface area contributed by atoms with Crippen molar-refractivity contribution >= 4 is 45.8 Å². The van der Waals surface area contributed by atoms with Crippen LogP contribution in [0.15, 0.2) is 83.9 Å². The van der Waals surface area contributed by atoms with Crippen LogP contribution in [-0.2, 0) is 30.5 Å². The van der Waals surface area contributed by atoms with Gasteiger partial charge in [0.25, 0.3) is 0 Å². The van der Waals surface area contributed by atoms with Gasteiger partial charge in [0, 0.05) is 28.4 Å². The van der Waals surface area contributed by atoms with E-state index in [1.54, 1.807) is 44.2 Å². The first-order valence-corrected chi connectivity index (χ1v) is 15.9. The van der Waals surface area contributed by atoms with Gasteiger partial charge in [-0.15, -0.1) is 0 Å². The van der Waals surface area contributed by atoms with Crippen LogP contribution in [0.2, 0.25) is 0 Å². The molecule has 0 bridgehead atoms. The molecule has 234 valence electrons. The summed E-state index contributed by atoms with van der Waals surface area (Å²) in [4.78, 5) is 34.2. The van der Waals surface area contributed by atoms with E-state index in [0.717, 1.165) is 5.56 Å². The van der Waals surface area contributed by atoms with Gasteiger partial charge in [-0.3, -0.25) is 13.8 Å². The Morgan fingerprint density at radius 2 is 1.82 bits per heavy atom. The Balaban J connectivity index is 1.33. The zero-order valence-electron chi connectivity index (χ0n) is 24.9. The van der Waals surface area contributed by atoms with Crippen LogP contribution in [0.1, 0.15) is 32.3 Å². The zero-order valence-corrected chi connectivity index (χ0v) is 25.7. The summed E-state index contributed by atoms with van der Waals surface area (Å²) >= 11 is 0. The predicted octanol–water partition coefficient (Wildman–Crippen LogP) is 5.16. The van der Waals surface area contributed by atoms with Crippen molar-refractivity contribution in [2.24, 2.45) is 0 Å². The van der Waals surface area contributed by atoms with E-state index in [2.05, 4.69) is 25.9 Å². The molecular formula is C33H34FN5O5S. The molecule has 3 aromatic carbocycles. The molecular weight excluding hydrogens is 597 g/mol. The van der Waals surface area contributed by atoms with E-state index in [-0.39, 0.29) is 42.6 Å². The van der Waals surface area contributed by atoms with E-state index in [1.807, 2.05) is 30.3 Å². The highest BCUT2D eigenvalue weighted by molar-refractivity contribution is 7.85. The number of hydrogen-bond donors (Lipinski definition) is 4. The van der Waals surface area contributed by atoms with E-state index in [4.69, 9.17) is 4.74 Å². The van der Waals surface area contributed by atoms with Gasteiger partial charge in [0.2, 0.25) is 11.9 Å². The van der Waals surface area contributed by atoms with Crippen LogP contribution in [0.3, 0.4) is 0 Å². The molecule has 0 radical (unpaired) electrons. The fourth-order valence-corrected chi connectivity index (χ4v) is 5.71. The molecule has 1 fully saturated rings. The zero-order chi connectivity index (χ0) is 32.0. The number of nitrogens with zero attached hydrogens (tertiary/aromatic N) is 2. The number of hydrogen-bond acceptors (Lipinski definition) is 9.